The standard InChI is InChI=1S/C18H16ClNO/c1-11-16-10-13(9-14-5-3-4-6-17(14)19)7-8-15(16)18(21)12(2)20-11/h3-8,10,21H,9H2,1-2H3. The second-order valence-electron chi connectivity index (χ2n) is 5.28. The number of fused-ring (bicyclic) bond motifs is 1. The van der Waals surface area contributed by atoms with Crippen molar-refractivity contribution in [1.29, 1.82) is 0 Å². The monoisotopic (exact) mass is 297 g/mol. The highest BCUT2D eigenvalue weighted by molar-refractivity contribution is 6.31. The number of benzene rings is 2. The van der Waals surface area contributed by atoms with E-state index in [4.69, 9.17) is 11.6 Å². The molecule has 1 aromatic heterocycles. The van der Waals surface area contributed by atoms with E-state index in [2.05, 4.69) is 11.1 Å². The molecule has 0 aliphatic carbocycles. The van der Waals surface area contributed by atoms with Crippen LogP contribution in [0.2, 0.25) is 5.02 Å². The molecule has 0 aliphatic rings. The first-order valence-corrected chi connectivity index (χ1v) is 7.26. The Hall–Kier alpha value is -2.06. The minimum atomic E-state index is 0.264. The second kappa shape index (κ2) is 5.38. The van der Waals surface area contributed by atoms with Crippen LogP contribution in [0.3, 0.4) is 0 Å². The van der Waals surface area contributed by atoms with E-state index >= 15 is 0 Å². The van der Waals surface area contributed by atoms with Gasteiger partial charge in [0, 0.05) is 21.5 Å². The summed E-state index contributed by atoms with van der Waals surface area (Å²) in [5, 5.41) is 12.7. The zero-order chi connectivity index (χ0) is 15.0. The van der Waals surface area contributed by atoms with Gasteiger partial charge in [0.2, 0.25) is 0 Å². The van der Waals surface area contributed by atoms with E-state index in [0.717, 1.165) is 39.0 Å². The SMILES string of the molecule is Cc1nc(C)c2cc(Cc3ccccc3Cl)ccc2c1O. The quantitative estimate of drug-likeness (QED) is 0.737. The Morgan fingerprint density at radius 1 is 1.00 bits per heavy atom. The topological polar surface area (TPSA) is 33.1 Å². The molecule has 0 atom stereocenters. The lowest BCUT2D eigenvalue weighted by Gasteiger charge is -2.10. The van der Waals surface area contributed by atoms with Crippen molar-refractivity contribution in [2.24, 2.45) is 0 Å². The van der Waals surface area contributed by atoms with Crippen molar-refractivity contribution in [3.05, 3.63) is 70.0 Å². The molecule has 0 spiro atoms. The highest BCUT2D eigenvalue weighted by atomic mass is 35.5. The largest absolute Gasteiger partial charge is 0.505 e. The zero-order valence-electron chi connectivity index (χ0n) is 12.0. The van der Waals surface area contributed by atoms with Crippen LogP contribution in [0, 0.1) is 13.8 Å². The summed E-state index contributed by atoms with van der Waals surface area (Å²) >= 11 is 6.22. The lowest BCUT2D eigenvalue weighted by molar-refractivity contribution is 0.474. The number of aromatic nitrogens is 1. The number of halogens is 1. The number of hydrogen-bond acceptors (Lipinski definition) is 2. The van der Waals surface area contributed by atoms with E-state index in [1.165, 1.54) is 0 Å². The molecule has 3 rings (SSSR count). The van der Waals surface area contributed by atoms with Crippen molar-refractivity contribution in [2.75, 3.05) is 0 Å². The van der Waals surface area contributed by atoms with Crippen molar-refractivity contribution in [1.82, 2.24) is 4.98 Å². The summed E-state index contributed by atoms with van der Waals surface area (Å²) in [5.74, 6) is 0.264. The predicted molar refractivity (Wildman–Crippen MR) is 87.1 cm³/mol. The summed E-state index contributed by atoms with van der Waals surface area (Å²) in [6.07, 6.45) is 0.768. The molecule has 0 amide bonds. The minimum absolute atomic E-state index is 0.264. The number of nitrogens with zero attached hydrogens (tertiary/aromatic N) is 1. The second-order valence-corrected chi connectivity index (χ2v) is 5.69. The van der Waals surface area contributed by atoms with Crippen LogP contribution in [-0.4, -0.2) is 10.1 Å². The van der Waals surface area contributed by atoms with Crippen LogP contribution in [0.4, 0.5) is 0 Å². The average molecular weight is 298 g/mol. The van der Waals surface area contributed by atoms with Gasteiger partial charge in [0.15, 0.2) is 0 Å². The molecule has 0 unspecified atom stereocenters. The molecule has 2 aromatic carbocycles. The zero-order valence-corrected chi connectivity index (χ0v) is 12.8. The summed E-state index contributed by atoms with van der Waals surface area (Å²) in [7, 11) is 0. The maximum absolute atomic E-state index is 10.1. The van der Waals surface area contributed by atoms with E-state index < -0.39 is 0 Å². The third-order valence-corrected chi connectivity index (χ3v) is 4.13. The number of hydrogen-bond donors (Lipinski definition) is 1. The van der Waals surface area contributed by atoms with Crippen molar-refractivity contribution in [2.45, 2.75) is 20.3 Å². The molecule has 0 bridgehead atoms. The van der Waals surface area contributed by atoms with Crippen molar-refractivity contribution < 1.29 is 5.11 Å². The molecular weight excluding hydrogens is 282 g/mol. The van der Waals surface area contributed by atoms with Gasteiger partial charge in [-0.05, 0) is 43.5 Å². The Morgan fingerprint density at radius 2 is 1.76 bits per heavy atom. The first-order chi connectivity index (χ1) is 10.1. The number of aromatic hydroxyl groups is 1. The van der Waals surface area contributed by atoms with Gasteiger partial charge >= 0.3 is 0 Å². The van der Waals surface area contributed by atoms with Gasteiger partial charge in [0.05, 0.1) is 5.69 Å². The van der Waals surface area contributed by atoms with Crippen molar-refractivity contribution in [3.8, 4) is 5.75 Å². The molecule has 106 valence electrons. The average Bonchev–Trinajstić information content (AvgIpc) is 2.47. The summed E-state index contributed by atoms with van der Waals surface area (Å²) in [5.41, 5.74) is 3.85. The third-order valence-electron chi connectivity index (χ3n) is 3.76. The molecule has 0 radical (unpaired) electrons. The smallest absolute Gasteiger partial charge is 0.144 e. The summed E-state index contributed by atoms with van der Waals surface area (Å²) in [6.45, 7) is 3.79. The van der Waals surface area contributed by atoms with Crippen LogP contribution < -0.4 is 0 Å². The van der Waals surface area contributed by atoms with E-state index in [0.29, 0.717) is 5.69 Å². The number of rotatable bonds is 2. The fourth-order valence-corrected chi connectivity index (χ4v) is 2.83. The Balaban J connectivity index is 2.08. The first kappa shape index (κ1) is 13.9. The fraction of sp³-hybridized carbons (Fsp3) is 0.167. The molecule has 0 saturated heterocycles. The molecule has 0 fully saturated rings. The Morgan fingerprint density at radius 3 is 2.52 bits per heavy atom. The van der Waals surface area contributed by atoms with E-state index in [1.54, 1.807) is 0 Å². The maximum Gasteiger partial charge on any atom is 0.144 e. The number of pyridine rings is 1. The summed E-state index contributed by atoms with van der Waals surface area (Å²) in [4.78, 5) is 4.39. The maximum atomic E-state index is 10.1. The van der Waals surface area contributed by atoms with Gasteiger partial charge in [-0.3, -0.25) is 4.98 Å². The van der Waals surface area contributed by atoms with Gasteiger partial charge in [-0.25, -0.2) is 0 Å². The molecule has 0 saturated carbocycles. The van der Waals surface area contributed by atoms with Crippen LogP contribution in [-0.2, 0) is 6.42 Å². The van der Waals surface area contributed by atoms with Crippen LogP contribution in [0.5, 0.6) is 5.75 Å². The van der Waals surface area contributed by atoms with Crippen LogP contribution in [0.15, 0.2) is 42.5 Å². The molecular formula is C18H16ClNO. The summed E-state index contributed by atoms with van der Waals surface area (Å²) < 4.78 is 0. The van der Waals surface area contributed by atoms with E-state index in [1.807, 2.05) is 50.2 Å². The van der Waals surface area contributed by atoms with E-state index in [9.17, 15) is 5.11 Å². The molecule has 1 heterocycles. The number of aryl methyl sites for hydroxylation is 2. The summed E-state index contributed by atoms with van der Waals surface area (Å²) in [6, 6.07) is 13.9. The van der Waals surface area contributed by atoms with Gasteiger partial charge in [-0.1, -0.05) is 41.9 Å². The molecule has 3 aromatic rings. The predicted octanol–water partition coefficient (Wildman–Crippen LogP) is 4.80. The first-order valence-electron chi connectivity index (χ1n) is 6.88. The van der Waals surface area contributed by atoms with Crippen LogP contribution >= 0.6 is 11.6 Å². The molecule has 1 N–H and O–H groups in total. The van der Waals surface area contributed by atoms with Crippen molar-refractivity contribution >= 4 is 22.4 Å². The van der Waals surface area contributed by atoms with Gasteiger partial charge in [0.25, 0.3) is 0 Å². The Bertz CT molecular complexity index is 827. The Kier molecular flexibility index (Phi) is 3.56. The van der Waals surface area contributed by atoms with Gasteiger partial charge in [-0.15, -0.1) is 0 Å². The van der Waals surface area contributed by atoms with Gasteiger partial charge < -0.3 is 5.11 Å². The highest BCUT2D eigenvalue weighted by Crippen LogP contribution is 2.30. The van der Waals surface area contributed by atoms with E-state index in [-0.39, 0.29) is 5.75 Å². The van der Waals surface area contributed by atoms with Gasteiger partial charge in [-0.2, -0.15) is 0 Å². The fourth-order valence-electron chi connectivity index (χ4n) is 2.63. The highest BCUT2D eigenvalue weighted by Gasteiger charge is 2.09. The minimum Gasteiger partial charge on any atom is -0.505 e. The van der Waals surface area contributed by atoms with Crippen molar-refractivity contribution in [3.63, 3.8) is 0 Å². The lowest BCUT2D eigenvalue weighted by atomic mass is 10.00. The molecule has 21 heavy (non-hydrogen) atoms. The third kappa shape index (κ3) is 2.59. The normalized spacial score (nSPS) is 11.0. The lowest BCUT2D eigenvalue weighted by Crippen LogP contribution is -1.93. The van der Waals surface area contributed by atoms with Crippen LogP contribution in [0.1, 0.15) is 22.5 Å². The van der Waals surface area contributed by atoms with Gasteiger partial charge in [0.1, 0.15) is 5.75 Å². The van der Waals surface area contributed by atoms with Crippen LogP contribution in [0.25, 0.3) is 10.8 Å². The molecule has 0 aliphatic heterocycles. The molecule has 3 heteroatoms. The Labute approximate surface area is 129 Å². The molecule has 2 nitrogen and oxygen atoms in total.